The Hall–Kier alpha value is -1.09. The second kappa shape index (κ2) is 4.42. The lowest BCUT2D eigenvalue weighted by Crippen LogP contribution is -2.13. The fraction of sp³-hybridized carbons (Fsp3) is 0.333. The van der Waals surface area contributed by atoms with E-state index >= 15 is 0 Å². The SMILES string of the molecule is CC(C)(C)c1cc(O)cc(Cl)c1C=C(F)F. The first-order valence-electron chi connectivity index (χ1n) is 4.77. The van der Waals surface area contributed by atoms with E-state index in [1.807, 2.05) is 20.8 Å². The molecule has 0 atom stereocenters. The van der Waals surface area contributed by atoms with E-state index < -0.39 is 6.08 Å². The van der Waals surface area contributed by atoms with E-state index in [1.165, 1.54) is 12.1 Å². The van der Waals surface area contributed by atoms with Crippen LogP contribution in [0.1, 0.15) is 31.9 Å². The Kier molecular flexibility index (Phi) is 3.58. The Morgan fingerprint density at radius 3 is 2.31 bits per heavy atom. The summed E-state index contributed by atoms with van der Waals surface area (Å²) in [5.41, 5.74) is 0.473. The van der Waals surface area contributed by atoms with Crippen LogP contribution < -0.4 is 0 Å². The maximum atomic E-state index is 12.3. The minimum atomic E-state index is -1.81. The van der Waals surface area contributed by atoms with Crippen LogP contribution in [-0.4, -0.2) is 5.11 Å². The van der Waals surface area contributed by atoms with Crippen molar-refractivity contribution >= 4 is 17.7 Å². The third kappa shape index (κ3) is 2.95. The van der Waals surface area contributed by atoms with Crippen LogP contribution in [0.25, 0.3) is 6.08 Å². The highest BCUT2D eigenvalue weighted by Gasteiger charge is 2.20. The molecular formula is C12H13ClF2O. The van der Waals surface area contributed by atoms with Crippen LogP contribution in [0.15, 0.2) is 18.2 Å². The lowest BCUT2D eigenvalue weighted by atomic mass is 9.83. The molecule has 0 saturated heterocycles. The van der Waals surface area contributed by atoms with Crippen LogP contribution in [0.3, 0.4) is 0 Å². The van der Waals surface area contributed by atoms with Crippen LogP contribution in [0.2, 0.25) is 5.02 Å². The number of hydrogen-bond donors (Lipinski definition) is 1. The lowest BCUT2D eigenvalue weighted by Gasteiger charge is -2.22. The molecule has 88 valence electrons. The molecule has 1 aromatic carbocycles. The summed E-state index contributed by atoms with van der Waals surface area (Å²) in [4.78, 5) is 0. The van der Waals surface area contributed by atoms with Crippen molar-refractivity contribution in [3.63, 3.8) is 0 Å². The number of benzene rings is 1. The summed E-state index contributed by atoms with van der Waals surface area (Å²) in [7, 11) is 0. The lowest BCUT2D eigenvalue weighted by molar-refractivity contribution is 0.429. The van der Waals surface area contributed by atoms with Crippen molar-refractivity contribution in [3.8, 4) is 5.75 Å². The monoisotopic (exact) mass is 246 g/mol. The van der Waals surface area contributed by atoms with Gasteiger partial charge in [-0.15, -0.1) is 0 Å². The van der Waals surface area contributed by atoms with Crippen LogP contribution >= 0.6 is 11.6 Å². The molecule has 1 rings (SSSR count). The van der Waals surface area contributed by atoms with Gasteiger partial charge in [-0.05, 0) is 23.1 Å². The maximum absolute atomic E-state index is 12.3. The molecule has 0 aliphatic carbocycles. The highest BCUT2D eigenvalue weighted by molar-refractivity contribution is 6.32. The van der Waals surface area contributed by atoms with Crippen molar-refractivity contribution in [2.75, 3.05) is 0 Å². The number of aromatic hydroxyl groups is 1. The zero-order valence-electron chi connectivity index (χ0n) is 9.31. The molecule has 0 spiro atoms. The molecule has 1 N–H and O–H groups in total. The van der Waals surface area contributed by atoms with Crippen molar-refractivity contribution in [2.24, 2.45) is 0 Å². The molecule has 0 amide bonds. The van der Waals surface area contributed by atoms with Gasteiger partial charge in [0.2, 0.25) is 0 Å². The van der Waals surface area contributed by atoms with Gasteiger partial charge in [0, 0.05) is 11.6 Å². The van der Waals surface area contributed by atoms with E-state index in [1.54, 1.807) is 0 Å². The summed E-state index contributed by atoms with van der Waals surface area (Å²) < 4.78 is 24.6. The van der Waals surface area contributed by atoms with E-state index in [4.69, 9.17) is 11.6 Å². The predicted octanol–water partition coefficient (Wildman–Crippen LogP) is 4.58. The van der Waals surface area contributed by atoms with Gasteiger partial charge in [0.15, 0.2) is 0 Å². The zero-order valence-corrected chi connectivity index (χ0v) is 10.1. The minimum Gasteiger partial charge on any atom is -0.508 e. The van der Waals surface area contributed by atoms with Crippen LogP contribution in [0.5, 0.6) is 5.75 Å². The number of hydrogen-bond acceptors (Lipinski definition) is 1. The highest BCUT2D eigenvalue weighted by Crippen LogP contribution is 2.35. The maximum Gasteiger partial charge on any atom is 0.270 e. The molecule has 0 saturated carbocycles. The van der Waals surface area contributed by atoms with Gasteiger partial charge in [-0.2, -0.15) is 8.78 Å². The molecule has 0 aromatic heterocycles. The Morgan fingerprint density at radius 1 is 1.31 bits per heavy atom. The zero-order chi connectivity index (χ0) is 12.5. The topological polar surface area (TPSA) is 20.2 Å². The Morgan fingerprint density at radius 2 is 1.88 bits per heavy atom. The molecule has 0 unspecified atom stereocenters. The van der Waals surface area contributed by atoms with E-state index in [2.05, 4.69) is 0 Å². The fourth-order valence-corrected chi connectivity index (χ4v) is 1.75. The predicted molar refractivity (Wildman–Crippen MR) is 62.0 cm³/mol. The molecule has 0 bridgehead atoms. The van der Waals surface area contributed by atoms with Gasteiger partial charge in [0.25, 0.3) is 6.08 Å². The summed E-state index contributed by atoms with van der Waals surface area (Å²) in [5.74, 6) is -0.0219. The van der Waals surface area contributed by atoms with Crippen molar-refractivity contribution in [1.29, 1.82) is 0 Å². The van der Waals surface area contributed by atoms with Crippen LogP contribution in [0.4, 0.5) is 8.78 Å². The van der Waals surface area contributed by atoms with Gasteiger partial charge in [-0.3, -0.25) is 0 Å². The second-order valence-corrected chi connectivity index (χ2v) is 4.98. The van der Waals surface area contributed by atoms with Crippen LogP contribution in [0, 0.1) is 0 Å². The van der Waals surface area contributed by atoms with Gasteiger partial charge >= 0.3 is 0 Å². The summed E-state index contributed by atoms with van der Waals surface area (Å²) in [6.07, 6.45) is -1.08. The van der Waals surface area contributed by atoms with Gasteiger partial charge in [0.05, 0.1) is 5.02 Å². The average Bonchev–Trinajstić information content (AvgIpc) is 2.06. The first-order chi connectivity index (χ1) is 7.21. The Bertz CT molecular complexity index is 429. The second-order valence-electron chi connectivity index (χ2n) is 4.57. The molecule has 0 aliphatic rings. The van der Waals surface area contributed by atoms with E-state index in [0.717, 1.165) is 6.08 Å². The number of phenols is 1. The molecule has 1 aromatic rings. The first kappa shape index (κ1) is 13.0. The van der Waals surface area contributed by atoms with Crippen molar-refractivity contribution in [3.05, 3.63) is 34.4 Å². The standard InChI is InChI=1S/C12H13ClF2O/c1-12(2,3)9-4-7(16)5-10(13)8(9)6-11(14)15/h4-6,16H,1-3H3. The fourth-order valence-electron chi connectivity index (χ4n) is 1.48. The van der Waals surface area contributed by atoms with Crippen molar-refractivity contribution < 1.29 is 13.9 Å². The van der Waals surface area contributed by atoms with Crippen molar-refractivity contribution in [1.82, 2.24) is 0 Å². The molecule has 0 radical (unpaired) electrons. The molecule has 0 aliphatic heterocycles. The van der Waals surface area contributed by atoms with Crippen molar-refractivity contribution in [2.45, 2.75) is 26.2 Å². The molecule has 4 heteroatoms. The normalized spacial score (nSPS) is 11.4. The van der Waals surface area contributed by atoms with Crippen LogP contribution in [-0.2, 0) is 5.41 Å². The molecule has 16 heavy (non-hydrogen) atoms. The number of halogens is 3. The summed E-state index contributed by atoms with van der Waals surface area (Å²) in [5, 5.41) is 9.55. The van der Waals surface area contributed by atoms with E-state index in [0.29, 0.717) is 5.56 Å². The number of rotatable bonds is 1. The Balaban J connectivity index is 3.51. The molecule has 0 fully saturated rings. The third-order valence-electron chi connectivity index (χ3n) is 2.18. The Labute approximate surface area is 98.4 Å². The third-order valence-corrected chi connectivity index (χ3v) is 2.49. The van der Waals surface area contributed by atoms with E-state index in [9.17, 15) is 13.9 Å². The summed E-state index contributed by atoms with van der Waals surface area (Å²) in [6, 6.07) is 2.71. The average molecular weight is 247 g/mol. The molecular weight excluding hydrogens is 234 g/mol. The van der Waals surface area contributed by atoms with Gasteiger partial charge < -0.3 is 5.11 Å². The van der Waals surface area contributed by atoms with Gasteiger partial charge in [0.1, 0.15) is 5.75 Å². The van der Waals surface area contributed by atoms with Gasteiger partial charge in [-0.25, -0.2) is 0 Å². The summed E-state index contributed by atoms with van der Waals surface area (Å²) >= 11 is 5.85. The molecule has 0 heterocycles. The summed E-state index contributed by atoms with van der Waals surface area (Å²) in [6.45, 7) is 5.60. The molecule has 1 nitrogen and oxygen atoms in total. The smallest absolute Gasteiger partial charge is 0.270 e. The first-order valence-corrected chi connectivity index (χ1v) is 5.15. The largest absolute Gasteiger partial charge is 0.508 e. The quantitative estimate of drug-likeness (QED) is 0.769. The van der Waals surface area contributed by atoms with E-state index in [-0.39, 0.29) is 21.8 Å². The van der Waals surface area contributed by atoms with Gasteiger partial charge in [-0.1, -0.05) is 32.4 Å². The highest BCUT2D eigenvalue weighted by atomic mass is 35.5. The minimum absolute atomic E-state index is 0.0219. The number of phenolic OH excluding ortho intramolecular Hbond substituents is 1.